The van der Waals surface area contributed by atoms with E-state index in [-0.39, 0.29) is 5.82 Å². The lowest BCUT2D eigenvalue weighted by Gasteiger charge is -2.04. The maximum absolute atomic E-state index is 13.6. The Labute approximate surface area is 103 Å². The van der Waals surface area contributed by atoms with Crippen LogP contribution in [0.25, 0.3) is 11.3 Å². The largest absolute Gasteiger partial charge is 0.240 e. The van der Waals surface area contributed by atoms with E-state index in [1.807, 2.05) is 0 Å². The zero-order valence-electron chi connectivity index (χ0n) is 8.19. The zero-order valence-corrected chi connectivity index (χ0v) is 9.84. The second kappa shape index (κ2) is 4.80. The van der Waals surface area contributed by atoms with Crippen LogP contribution in [0, 0.1) is 5.82 Å². The third kappa shape index (κ3) is 2.33. The molecule has 0 atom stereocenters. The van der Waals surface area contributed by atoms with Crippen molar-refractivity contribution in [3.05, 3.63) is 47.1 Å². The summed E-state index contributed by atoms with van der Waals surface area (Å²) in [6.07, 6.45) is 1.58. The summed E-state index contributed by atoms with van der Waals surface area (Å²) in [4.78, 5) is 8.17. The molecule has 0 radical (unpaired) electrons. The molecule has 0 saturated carbocycles. The number of hydrogen-bond donors (Lipinski definition) is 1. The summed E-state index contributed by atoms with van der Waals surface area (Å²) < 4.78 is 13.6. The van der Waals surface area contributed by atoms with Crippen LogP contribution >= 0.6 is 24.2 Å². The van der Waals surface area contributed by atoms with Crippen LogP contribution in [0.4, 0.5) is 4.39 Å². The van der Waals surface area contributed by atoms with E-state index in [9.17, 15) is 4.39 Å². The Morgan fingerprint density at radius 1 is 1.31 bits per heavy atom. The van der Waals surface area contributed by atoms with Gasteiger partial charge in [-0.25, -0.2) is 14.4 Å². The van der Waals surface area contributed by atoms with Crippen LogP contribution in [0.5, 0.6) is 0 Å². The highest BCUT2D eigenvalue weighted by atomic mass is 35.5. The van der Waals surface area contributed by atoms with Crippen molar-refractivity contribution >= 4 is 24.2 Å². The Hall–Kier alpha value is -1.13. The average Bonchev–Trinajstić information content (AvgIpc) is 2.32. The van der Waals surface area contributed by atoms with Crippen molar-refractivity contribution in [3.63, 3.8) is 0 Å². The van der Waals surface area contributed by atoms with Gasteiger partial charge in [-0.3, -0.25) is 0 Å². The summed E-state index contributed by atoms with van der Waals surface area (Å²) in [6.45, 7) is 0. The molecule has 0 saturated heterocycles. The highest BCUT2D eigenvalue weighted by molar-refractivity contribution is 7.79. The number of benzene rings is 1. The van der Waals surface area contributed by atoms with E-state index < -0.39 is 0 Å². The summed E-state index contributed by atoms with van der Waals surface area (Å²) in [5.41, 5.74) is 0.886. The molecule has 1 aromatic carbocycles. The van der Waals surface area contributed by atoms with Crippen LogP contribution in [-0.2, 0) is 5.75 Å². The molecule has 0 N–H and O–H groups in total. The van der Waals surface area contributed by atoms with Gasteiger partial charge < -0.3 is 0 Å². The first-order valence-electron chi connectivity index (χ1n) is 4.59. The van der Waals surface area contributed by atoms with Gasteiger partial charge in [0.1, 0.15) is 11.6 Å². The SMILES string of the molecule is Fc1ccc(Cl)cc1-c1ccnc(CS)n1. The highest BCUT2D eigenvalue weighted by Crippen LogP contribution is 2.24. The second-order valence-corrected chi connectivity index (χ2v) is 3.89. The molecule has 82 valence electrons. The van der Waals surface area contributed by atoms with Crippen LogP contribution in [0.2, 0.25) is 5.02 Å². The van der Waals surface area contributed by atoms with E-state index in [1.54, 1.807) is 18.3 Å². The molecular weight excluding hydrogens is 247 g/mol. The standard InChI is InChI=1S/C11H8ClFN2S/c12-7-1-2-9(13)8(5-7)10-3-4-14-11(6-16)15-10/h1-5,16H,6H2. The van der Waals surface area contributed by atoms with Crippen LogP contribution in [-0.4, -0.2) is 9.97 Å². The average molecular weight is 255 g/mol. The van der Waals surface area contributed by atoms with Crippen LogP contribution in [0.3, 0.4) is 0 Å². The number of aromatic nitrogens is 2. The highest BCUT2D eigenvalue weighted by Gasteiger charge is 2.07. The fourth-order valence-electron chi connectivity index (χ4n) is 1.32. The Morgan fingerprint density at radius 3 is 2.88 bits per heavy atom. The Balaban J connectivity index is 2.53. The predicted octanol–water partition coefficient (Wildman–Crippen LogP) is 3.37. The molecule has 16 heavy (non-hydrogen) atoms. The number of nitrogens with zero attached hydrogens (tertiary/aromatic N) is 2. The smallest absolute Gasteiger partial charge is 0.138 e. The summed E-state index contributed by atoms with van der Waals surface area (Å²) in [6, 6.07) is 6.00. The van der Waals surface area contributed by atoms with Crippen molar-refractivity contribution in [2.75, 3.05) is 0 Å². The second-order valence-electron chi connectivity index (χ2n) is 3.14. The first kappa shape index (κ1) is 11.4. The molecule has 1 heterocycles. The van der Waals surface area contributed by atoms with E-state index in [4.69, 9.17) is 11.6 Å². The number of thiol groups is 1. The molecule has 0 bridgehead atoms. The lowest BCUT2D eigenvalue weighted by molar-refractivity contribution is 0.630. The Kier molecular flexibility index (Phi) is 3.41. The third-order valence-electron chi connectivity index (χ3n) is 2.05. The summed E-state index contributed by atoms with van der Waals surface area (Å²) in [7, 11) is 0. The molecule has 2 nitrogen and oxygen atoms in total. The monoisotopic (exact) mass is 254 g/mol. The molecule has 2 aromatic rings. The van der Waals surface area contributed by atoms with Crippen molar-refractivity contribution in [1.29, 1.82) is 0 Å². The minimum absolute atomic E-state index is 0.354. The van der Waals surface area contributed by atoms with Gasteiger partial charge in [0, 0.05) is 16.8 Å². The Bertz CT molecular complexity index is 519. The van der Waals surface area contributed by atoms with Gasteiger partial charge in [0.25, 0.3) is 0 Å². The molecule has 0 aliphatic rings. The minimum atomic E-state index is -0.354. The molecular formula is C11H8ClFN2S. The van der Waals surface area contributed by atoms with Gasteiger partial charge in [0.05, 0.1) is 11.4 Å². The van der Waals surface area contributed by atoms with Crippen molar-refractivity contribution in [2.24, 2.45) is 0 Å². The quantitative estimate of drug-likeness (QED) is 0.832. The van der Waals surface area contributed by atoms with E-state index in [2.05, 4.69) is 22.6 Å². The van der Waals surface area contributed by atoms with E-state index in [1.165, 1.54) is 12.1 Å². The zero-order chi connectivity index (χ0) is 11.5. The van der Waals surface area contributed by atoms with E-state index >= 15 is 0 Å². The lowest BCUT2D eigenvalue weighted by Crippen LogP contribution is -1.94. The molecule has 1 aromatic heterocycles. The molecule has 0 aliphatic heterocycles. The summed E-state index contributed by atoms with van der Waals surface area (Å²) >= 11 is 9.89. The summed E-state index contributed by atoms with van der Waals surface area (Å²) in [5, 5.41) is 0.474. The number of halogens is 2. The van der Waals surface area contributed by atoms with Crippen molar-refractivity contribution in [2.45, 2.75) is 5.75 Å². The topological polar surface area (TPSA) is 25.8 Å². The molecule has 5 heteroatoms. The molecule has 0 aliphatic carbocycles. The van der Waals surface area contributed by atoms with Crippen molar-refractivity contribution in [3.8, 4) is 11.3 Å². The van der Waals surface area contributed by atoms with Gasteiger partial charge in [-0.2, -0.15) is 12.6 Å². The molecule has 0 spiro atoms. The minimum Gasteiger partial charge on any atom is -0.240 e. The third-order valence-corrected chi connectivity index (χ3v) is 2.57. The molecule has 0 amide bonds. The van der Waals surface area contributed by atoms with Gasteiger partial charge in [-0.05, 0) is 24.3 Å². The fourth-order valence-corrected chi connectivity index (χ4v) is 1.64. The van der Waals surface area contributed by atoms with Crippen molar-refractivity contribution < 1.29 is 4.39 Å². The van der Waals surface area contributed by atoms with Crippen LogP contribution in [0.1, 0.15) is 5.82 Å². The first-order valence-corrected chi connectivity index (χ1v) is 5.60. The molecule has 2 rings (SSSR count). The van der Waals surface area contributed by atoms with Gasteiger partial charge >= 0.3 is 0 Å². The molecule has 0 unspecified atom stereocenters. The summed E-state index contributed by atoms with van der Waals surface area (Å²) in [5.74, 6) is 0.615. The van der Waals surface area contributed by atoms with Gasteiger partial charge in [-0.1, -0.05) is 11.6 Å². The van der Waals surface area contributed by atoms with E-state index in [0.717, 1.165) is 0 Å². The number of hydrogen-bond acceptors (Lipinski definition) is 3. The molecule has 0 fully saturated rings. The van der Waals surface area contributed by atoms with Gasteiger partial charge in [0.2, 0.25) is 0 Å². The number of rotatable bonds is 2. The first-order chi connectivity index (χ1) is 7.70. The maximum Gasteiger partial charge on any atom is 0.138 e. The van der Waals surface area contributed by atoms with E-state index in [0.29, 0.717) is 27.9 Å². The van der Waals surface area contributed by atoms with Gasteiger partial charge in [0.15, 0.2) is 0 Å². The van der Waals surface area contributed by atoms with Crippen LogP contribution < -0.4 is 0 Å². The van der Waals surface area contributed by atoms with Gasteiger partial charge in [-0.15, -0.1) is 0 Å². The normalized spacial score (nSPS) is 10.4. The Morgan fingerprint density at radius 2 is 2.12 bits per heavy atom. The lowest BCUT2D eigenvalue weighted by atomic mass is 10.1. The predicted molar refractivity (Wildman–Crippen MR) is 65.1 cm³/mol. The van der Waals surface area contributed by atoms with Crippen molar-refractivity contribution in [1.82, 2.24) is 9.97 Å². The fraction of sp³-hybridized carbons (Fsp3) is 0.0909. The van der Waals surface area contributed by atoms with Crippen LogP contribution in [0.15, 0.2) is 30.5 Å². The maximum atomic E-state index is 13.6.